The van der Waals surface area contributed by atoms with Crippen LogP contribution in [0.15, 0.2) is 121 Å². The SMILES string of the molecule is O=C(COCc1ccccc1)[C@@H](OCc1ccccc1)[C@H](OCc1ccccc1)[C@H](OCc1ccccc1)C(=O)C(Cl)Cl. The Morgan fingerprint density at radius 1 is 0.512 bits per heavy atom. The van der Waals surface area contributed by atoms with Gasteiger partial charge in [-0.3, -0.25) is 9.59 Å². The molecule has 0 saturated carbocycles. The number of benzene rings is 4. The monoisotopic (exact) mass is 620 g/mol. The second-order valence-electron chi connectivity index (χ2n) is 9.84. The number of rotatable bonds is 18. The molecule has 0 heterocycles. The minimum atomic E-state index is -1.41. The number of halogens is 2. The van der Waals surface area contributed by atoms with E-state index in [9.17, 15) is 9.59 Å². The highest BCUT2D eigenvalue weighted by atomic mass is 35.5. The maximum atomic E-state index is 13.8. The predicted octanol–water partition coefficient (Wildman–Crippen LogP) is 6.90. The van der Waals surface area contributed by atoms with E-state index >= 15 is 0 Å². The van der Waals surface area contributed by atoms with Crippen molar-refractivity contribution in [3.8, 4) is 0 Å². The molecule has 0 saturated heterocycles. The van der Waals surface area contributed by atoms with Crippen LogP contribution in [0.2, 0.25) is 0 Å². The van der Waals surface area contributed by atoms with Crippen molar-refractivity contribution < 1.29 is 28.5 Å². The molecule has 0 spiro atoms. The molecular formula is C35H34Cl2O6. The van der Waals surface area contributed by atoms with E-state index in [0.29, 0.717) is 0 Å². The number of carbonyl (C=O) groups excluding carboxylic acids is 2. The lowest BCUT2D eigenvalue weighted by Crippen LogP contribution is -2.52. The molecule has 0 bridgehead atoms. The van der Waals surface area contributed by atoms with Gasteiger partial charge in [0.1, 0.15) is 24.9 Å². The van der Waals surface area contributed by atoms with Crippen molar-refractivity contribution in [2.75, 3.05) is 6.61 Å². The summed E-state index contributed by atoms with van der Waals surface area (Å²) in [6, 6.07) is 37.7. The van der Waals surface area contributed by atoms with Gasteiger partial charge in [-0.1, -0.05) is 145 Å². The van der Waals surface area contributed by atoms with Crippen molar-refractivity contribution in [3.05, 3.63) is 144 Å². The van der Waals surface area contributed by atoms with Gasteiger partial charge in [-0.15, -0.1) is 0 Å². The van der Waals surface area contributed by atoms with Crippen LogP contribution in [0.5, 0.6) is 0 Å². The zero-order chi connectivity index (χ0) is 30.3. The second kappa shape index (κ2) is 17.7. The number of carbonyl (C=O) groups is 2. The van der Waals surface area contributed by atoms with Crippen molar-refractivity contribution in [1.82, 2.24) is 0 Å². The van der Waals surface area contributed by atoms with Gasteiger partial charge in [-0.2, -0.15) is 0 Å². The van der Waals surface area contributed by atoms with Crippen LogP contribution in [0.4, 0.5) is 0 Å². The average Bonchev–Trinajstić information content (AvgIpc) is 3.05. The number of hydrogen-bond donors (Lipinski definition) is 0. The molecule has 4 aromatic rings. The second-order valence-corrected chi connectivity index (χ2v) is 10.9. The average molecular weight is 622 g/mol. The number of hydrogen-bond acceptors (Lipinski definition) is 6. The van der Waals surface area contributed by atoms with Crippen molar-refractivity contribution in [1.29, 1.82) is 0 Å². The fourth-order valence-corrected chi connectivity index (χ4v) is 4.63. The molecule has 0 radical (unpaired) electrons. The first-order chi connectivity index (χ1) is 21.0. The Labute approximate surface area is 262 Å². The normalized spacial score (nSPS) is 13.4. The largest absolute Gasteiger partial charge is 0.369 e. The highest BCUT2D eigenvalue weighted by Crippen LogP contribution is 2.23. The molecule has 0 aliphatic rings. The summed E-state index contributed by atoms with van der Waals surface area (Å²) in [5, 5.41) is 0. The maximum Gasteiger partial charge on any atom is 0.197 e. The van der Waals surface area contributed by atoms with Gasteiger partial charge in [0.2, 0.25) is 0 Å². The first-order valence-corrected chi connectivity index (χ1v) is 14.8. The van der Waals surface area contributed by atoms with E-state index in [2.05, 4.69) is 0 Å². The van der Waals surface area contributed by atoms with Gasteiger partial charge >= 0.3 is 0 Å². The maximum absolute atomic E-state index is 13.8. The van der Waals surface area contributed by atoms with E-state index < -0.39 is 34.7 Å². The quantitative estimate of drug-likeness (QED) is 0.113. The standard InChI is InChI=1S/C35H34Cl2O6/c36-35(37)31(39)33(42-23-28-17-9-3-10-18-28)34(43-24-29-19-11-4-12-20-29)32(41-22-27-15-7-2-8-16-27)30(38)25-40-21-26-13-5-1-6-14-26/h1-20,32-35H,21-25H2/t32-,33-,34+/m1/s1. The predicted molar refractivity (Wildman–Crippen MR) is 167 cm³/mol. The lowest BCUT2D eigenvalue weighted by molar-refractivity contribution is -0.175. The lowest BCUT2D eigenvalue weighted by atomic mass is 10.00. The topological polar surface area (TPSA) is 71.1 Å². The summed E-state index contributed by atoms with van der Waals surface area (Å²) in [7, 11) is 0. The Balaban J connectivity index is 1.63. The Morgan fingerprint density at radius 2 is 0.884 bits per heavy atom. The summed E-state index contributed by atoms with van der Waals surface area (Å²) in [5.41, 5.74) is 3.42. The van der Waals surface area contributed by atoms with Gasteiger partial charge in [0.15, 0.2) is 16.4 Å². The lowest BCUT2D eigenvalue weighted by Gasteiger charge is -2.32. The van der Waals surface area contributed by atoms with Crippen molar-refractivity contribution in [2.24, 2.45) is 0 Å². The summed E-state index contributed by atoms with van der Waals surface area (Å²) in [4.78, 5) is 25.9. The van der Waals surface area contributed by atoms with Crippen LogP contribution < -0.4 is 0 Å². The number of Topliss-reactive ketones (excluding diaryl/α,β-unsaturated/α-hetero) is 2. The van der Waals surface area contributed by atoms with Gasteiger partial charge < -0.3 is 18.9 Å². The highest BCUT2D eigenvalue weighted by molar-refractivity contribution is 6.54. The third-order valence-corrected chi connectivity index (χ3v) is 7.03. The summed E-state index contributed by atoms with van der Waals surface area (Å²) in [5.74, 6) is -1.05. The molecule has 0 N–H and O–H groups in total. The van der Waals surface area contributed by atoms with Crippen LogP contribution in [0.3, 0.4) is 0 Å². The molecule has 8 heteroatoms. The van der Waals surface area contributed by atoms with Crippen LogP contribution in [0, 0.1) is 0 Å². The molecule has 6 nitrogen and oxygen atoms in total. The summed E-state index contributed by atoms with van der Waals surface area (Å²) >= 11 is 12.2. The molecule has 0 amide bonds. The molecule has 3 atom stereocenters. The molecule has 0 aliphatic heterocycles. The fourth-order valence-electron chi connectivity index (χ4n) is 4.38. The smallest absolute Gasteiger partial charge is 0.197 e. The van der Waals surface area contributed by atoms with Gasteiger partial charge in [-0.05, 0) is 22.3 Å². The third kappa shape index (κ3) is 10.7. The van der Waals surface area contributed by atoms with E-state index in [1.807, 2.05) is 121 Å². The Hall–Kier alpha value is -3.36. The minimum absolute atomic E-state index is 0.0625. The zero-order valence-electron chi connectivity index (χ0n) is 23.6. The Kier molecular flexibility index (Phi) is 13.4. The Bertz CT molecular complexity index is 1370. The molecule has 43 heavy (non-hydrogen) atoms. The van der Waals surface area contributed by atoms with Crippen LogP contribution in [0.1, 0.15) is 22.3 Å². The van der Waals surface area contributed by atoms with E-state index in [0.717, 1.165) is 22.3 Å². The van der Waals surface area contributed by atoms with E-state index in [4.69, 9.17) is 42.1 Å². The zero-order valence-corrected chi connectivity index (χ0v) is 25.1. The van der Waals surface area contributed by atoms with Crippen LogP contribution >= 0.6 is 23.2 Å². The third-order valence-electron chi connectivity index (χ3n) is 6.60. The molecule has 4 rings (SSSR count). The van der Waals surface area contributed by atoms with E-state index in [1.165, 1.54) is 0 Å². The Morgan fingerprint density at radius 3 is 1.30 bits per heavy atom. The van der Waals surface area contributed by atoms with Crippen molar-refractivity contribution in [2.45, 2.75) is 49.6 Å². The fraction of sp³-hybridized carbons (Fsp3) is 0.257. The molecule has 0 aromatic heterocycles. The van der Waals surface area contributed by atoms with Crippen LogP contribution in [-0.4, -0.2) is 41.3 Å². The first kappa shape index (κ1) is 32.6. The van der Waals surface area contributed by atoms with E-state index in [-0.39, 0.29) is 33.0 Å². The molecule has 0 aliphatic carbocycles. The van der Waals surface area contributed by atoms with Gasteiger partial charge in [0, 0.05) is 0 Å². The van der Waals surface area contributed by atoms with Crippen molar-refractivity contribution >= 4 is 34.8 Å². The first-order valence-electron chi connectivity index (χ1n) is 13.9. The molecule has 224 valence electrons. The molecule has 0 fully saturated rings. The van der Waals surface area contributed by atoms with Gasteiger partial charge in [0.25, 0.3) is 0 Å². The molecule has 0 unspecified atom stereocenters. The summed E-state index contributed by atoms with van der Waals surface area (Å²) in [6.07, 6.45) is -3.74. The summed E-state index contributed by atoms with van der Waals surface area (Å²) in [6.45, 7) is 0.192. The van der Waals surface area contributed by atoms with E-state index in [1.54, 1.807) is 0 Å². The number of alkyl halides is 2. The summed E-state index contributed by atoms with van der Waals surface area (Å²) < 4.78 is 24.5. The van der Waals surface area contributed by atoms with Crippen LogP contribution in [-0.2, 0) is 55.0 Å². The molecule has 4 aromatic carbocycles. The van der Waals surface area contributed by atoms with Crippen LogP contribution in [0.25, 0.3) is 0 Å². The van der Waals surface area contributed by atoms with Gasteiger partial charge in [-0.25, -0.2) is 0 Å². The van der Waals surface area contributed by atoms with Gasteiger partial charge in [0.05, 0.1) is 26.4 Å². The molecular weight excluding hydrogens is 587 g/mol. The highest BCUT2D eigenvalue weighted by Gasteiger charge is 2.42. The van der Waals surface area contributed by atoms with Crippen molar-refractivity contribution in [3.63, 3.8) is 0 Å². The number of ether oxygens (including phenoxy) is 4. The number of ketones is 2. The minimum Gasteiger partial charge on any atom is -0.369 e.